The molecular formula is C6H14Cl2N2. The first-order chi connectivity index (χ1) is 3.97. The lowest BCUT2D eigenvalue weighted by molar-refractivity contribution is 0.206. The zero-order valence-electron chi connectivity index (χ0n) is 5.80. The summed E-state index contributed by atoms with van der Waals surface area (Å²) in [5.41, 5.74) is 0. The third-order valence-corrected chi connectivity index (χ3v) is 2.21. The van der Waals surface area contributed by atoms with Crippen molar-refractivity contribution in [2.45, 2.75) is 24.9 Å². The Morgan fingerprint density at radius 1 is 0.800 bits per heavy atom. The SMILES string of the molecule is C1CN[C@@H]2CC[C@H]2N1.Cl.Cl. The summed E-state index contributed by atoms with van der Waals surface area (Å²) >= 11 is 0. The molecule has 0 bridgehead atoms. The van der Waals surface area contributed by atoms with Gasteiger partial charge in [-0.05, 0) is 12.8 Å². The van der Waals surface area contributed by atoms with E-state index in [2.05, 4.69) is 10.6 Å². The molecule has 1 heterocycles. The van der Waals surface area contributed by atoms with Crippen molar-refractivity contribution < 1.29 is 0 Å². The van der Waals surface area contributed by atoms with E-state index >= 15 is 0 Å². The van der Waals surface area contributed by atoms with E-state index < -0.39 is 0 Å². The lowest BCUT2D eigenvalue weighted by Gasteiger charge is -2.41. The predicted molar refractivity (Wildman–Crippen MR) is 47.3 cm³/mol. The maximum Gasteiger partial charge on any atom is 0.0222 e. The topological polar surface area (TPSA) is 24.1 Å². The quantitative estimate of drug-likeness (QED) is 0.576. The van der Waals surface area contributed by atoms with Gasteiger partial charge in [0.1, 0.15) is 0 Å². The Hall–Kier alpha value is 0.500. The van der Waals surface area contributed by atoms with Crippen LogP contribution in [0, 0.1) is 0 Å². The fourth-order valence-electron chi connectivity index (χ4n) is 1.50. The van der Waals surface area contributed by atoms with E-state index in [-0.39, 0.29) is 24.8 Å². The van der Waals surface area contributed by atoms with E-state index in [1.165, 1.54) is 25.9 Å². The van der Waals surface area contributed by atoms with Gasteiger partial charge in [0.05, 0.1) is 0 Å². The second-order valence-electron chi connectivity index (χ2n) is 2.70. The minimum absolute atomic E-state index is 0. The highest BCUT2D eigenvalue weighted by atomic mass is 35.5. The van der Waals surface area contributed by atoms with Crippen LogP contribution in [-0.4, -0.2) is 25.2 Å². The zero-order chi connectivity index (χ0) is 5.40. The number of rotatable bonds is 0. The van der Waals surface area contributed by atoms with Crippen molar-refractivity contribution >= 4 is 24.8 Å². The molecule has 1 saturated heterocycles. The summed E-state index contributed by atoms with van der Waals surface area (Å²) in [5, 5.41) is 6.91. The Bertz CT molecular complexity index is 87.7. The molecule has 4 heteroatoms. The molecule has 0 aromatic heterocycles. The van der Waals surface area contributed by atoms with Gasteiger partial charge in [-0.2, -0.15) is 0 Å². The Morgan fingerprint density at radius 2 is 1.20 bits per heavy atom. The average molecular weight is 185 g/mol. The first-order valence-electron chi connectivity index (χ1n) is 3.43. The van der Waals surface area contributed by atoms with Crippen molar-refractivity contribution in [3.8, 4) is 0 Å². The number of halogens is 2. The molecule has 0 unspecified atom stereocenters. The molecule has 1 saturated carbocycles. The fraction of sp³-hybridized carbons (Fsp3) is 1.00. The number of piperazine rings is 1. The van der Waals surface area contributed by atoms with Gasteiger partial charge in [0.25, 0.3) is 0 Å². The lowest BCUT2D eigenvalue weighted by atomic mass is 9.85. The summed E-state index contributed by atoms with van der Waals surface area (Å²) in [6.45, 7) is 2.34. The Kier molecular flexibility index (Phi) is 4.61. The summed E-state index contributed by atoms with van der Waals surface area (Å²) in [6, 6.07) is 1.65. The molecule has 2 aliphatic rings. The average Bonchev–Trinajstić information content (AvgIpc) is 1.72. The highest BCUT2D eigenvalue weighted by Crippen LogP contribution is 2.20. The first-order valence-corrected chi connectivity index (χ1v) is 3.43. The van der Waals surface area contributed by atoms with E-state index in [9.17, 15) is 0 Å². The maximum absolute atomic E-state index is 3.46. The molecule has 2 nitrogen and oxygen atoms in total. The van der Waals surface area contributed by atoms with Crippen LogP contribution in [0.25, 0.3) is 0 Å². The van der Waals surface area contributed by atoms with Crippen molar-refractivity contribution in [3.63, 3.8) is 0 Å². The predicted octanol–water partition coefficient (Wildman–Crippen LogP) is 0.554. The molecule has 2 rings (SSSR count). The Labute approximate surface area is 74.0 Å². The van der Waals surface area contributed by atoms with Crippen LogP contribution in [0.4, 0.5) is 0 Å². The molecule has 0 aromatic rings. The molecule has 10 heavy (non-hydrogen) atoms. The van der Waals surface area contributed by atoms with Gasteiger partial charge in [-0.1, -0.05) is 0 Å². The van der Waals surface area contributed by atoms with Gasteiger partial charge in [0.2, 0.25) is 0 Å². The van der Waals surface area contributed by atoms with Crippen LogP contribution in [0.15, 0.2) is 0 Å². The van der Waals surface area contributed by atoms with Crippen LogP contribution in [0.1, 0.15) is 12.8 Å². The fourth-order valence-corrected chi connectivity index (χ4v) is 1.50. The van der Waals surface area contributed by atoms with E-state index in [1.807, 2.05) is 0 Å². The van der Waals surface area contributed by atoms with Crippen LogP contribution in [0.5, 0.6) is 0 Å². The number of hydrogen-bond donors (Lipinski definition) is 2. The molecule has 2 N–H and O–H groups in total. The second-order valence-corrected chi connectivity index (χ2v) is 2.70. The van der Waals surface area contributed by atoms with Crippen molar-refractivity contribution in [2.24, 2.45) is 0 Å². The number of hydrogen-bond acceptors (Lipinski definition) is 2. The first kappa shape index (κ1) is 10.5. The molecule has 0 aromatic carbocycles. The summed E-state index contributed by atoms with van der Waals surface area (Å²) in [7, 11) is 0. The number of nitrogens with one attached hydrogen (secondary N) is 2. The standard InChI is InChI=1S/C6H12N2.2ClH/c1-2-6-5(1)7-3-4-8-6;;/h5-8H,1-4H2;2*1H/t5-,6-;;/m1../s1. The van der Waals surface area contributed by atoms with Gasteiger partial charge in [0, 0.05) is 25.2 Å². The summed E-state index contributed by atoms with van der Waals surface area (Å²) in [6.07, 6.45) is 2.77. The summed E-state index contributed by atoms with van der Waals surface area (Å²) < 4.78 is 0. The van der Waals surface area contributed by atoms with E-state index in [0.717, 1.165) is 12.1 Å². The third-order valence-electron chi connectivity index (χ3n) is 2.21. The third kappa shape index (κ3) is 1.76. The zero-order valence-corrected chi connectivity index (χ0v) is 7.43. The van der Waals surface area contributed by atoms with Crippen LogP contribution < -0.4 is 10.6 Å². The molecular weight excluding hydrogens is 171 g/mol. The van der Waals surface area contributed by atoms with Gasteiger partial charge in [-0.3, -0.25) is 0 Å². The van der Waals surface area contributed by atoms with Crippen LogP contribution in [-0.2, 0) is 0 Å². The molecule has 2 fully saturated rings. The second kappa shape index (κ2) is 4.39. The normalized spacial score (nSPS) is 36.0. The molecule has 1 aliphatic heterocycles. The minimum Gasteiger partial charge on any atom is -0.311 e. The Morgan fingerprint density at radius 3 is 1.40 bits per heavy atom. The van der Waals surface area contributed by atoms with Crippen LogP contribution in [0.2, 0.25) is 0 Å². The van der Waals surface area contributed by atoms with E-state index in [4.69, 9.17) is 0 Å². The summed E-state index contributed by atoms with van der Waals surface area (Å²) in [4.78, 5) is 0. The van der Waals surface area contributed by atoms with Crippen molar-refractivity contribution in [3.05, 3.63) is 0 Å². The summed E-state index contributed by atoms with van der Waals surface area (Å²) in [5.74, 6) is 0. The van der Waals surface area contributed by atoms with Crippen molar-refractivity contribution in [1.29, 1.82) is 0 Å². The largest absolute Gasteiger partial charge is 0.311 e. The molecule has 0 spiro atoms. The van der Waals surface area contributed by atoms with Crippen LogP contribution >= 0.6 is 24.8 Å². The molecule has 62 valence electrons. The Balaban J connectivity index is 0.000000405. The van der Waals surface area contributed by atoms with Gasteiger partial charge in [-0.15, -0.1) is 24.8 Å². The van der Waals surface area contributed by atoms with Gasteiger partial charge in [0.15, 0.2) is 0 Å². The lowest BCUT2D eigenvalue weighted by Crippen LogP contribution is -2.61. The van der Waals surface area contributed by atoms with E-state index in [1.54, 1.807) is 0 Å². The van der Waals surface area contributed by atoms with Gasteiger partial charge >= 0.3 is 0 Å². The van der Waals surface area contributed by atoms with Crippen molar-refractivity contribution in [2.75, 3.05) is 13.1 Å². The highest BCUT2D eigenvalue weighted by molar-refractivity contribution is 5.85. The molecule has 2 atom stereocenters. The minimum atomic E-state index is 0. The number of fused-ring (bicyclic) bond motifs is 1. The van der Waals surface area contributed by atoms with E-state index in [0.29, 0.717) is 0 Å². The van der Waals surface area contributed by atoms with Crippen molar-refractivity contribution in [1.82, 2.24) is 10.6 Å². The van der Waals surface area contributed by atoms with Crippen LogP contribution in [0.3, 0.4) is 0 Å². The molecule has 0 amide bonds. The molecule has 1 aliphatic carbocycles. The maximum atomic E-state index is 3.46. The smallest absolute Gasteiger partial charge is 0.0222 e. The highest BCUT2D eigenvalue weighted by Gasteiger charge is 2.31. The van der Waals surface area contributed by atoms with Gasteiger partial charge < -0.3 is 10.6 Å². The monoisotopic (exact) mass is 184 g/mol. The van der Waals surface area contributed by atoms with Gasteiger partial charge in [-0.25, -0.2) is 0 Å². The molecule has 0 radical (unpaired) electrons.